The minimum absolute atomic E-state index is 0.0925. The Morgan fingerprint density at radius 1 is 1.73 bits per heavy atom. The highest BCUT2D eigenvalue weighted by Crippen LogP contribution is 2.18. The predicted octanol–water partition coefficient (Wildman–Crippen LogP) is 1.49. The van der Waals surface area contributed by atoms with Crippen molar-refractivity contribution in [3.8, 4) is 0 Å². The van der Waals surface area contributed by atoms with Crippen LogP contribution in [0.25, 0.3) is 0 Å². The fraction of sp³-hybridized carbons (Fsp3) is 0.778. The average molecular weight is 156 g/mol. The van der Waals surface area contributed by atoms with Gasteiger partial charge in [-0.2, -0.15) is 0 Å². The lowest BCUT2D eigenvalue weighted by Gasteiger charge is -2.15. The van der Waals surface area contributed by atoms with Crippen molar-refractivity contribution in [1.29, 1.82) is 0 Å². The summed E-state index contributed by atoms with van der Waals surface area (Å²) in [5, 5.41) is 9.51. The minimum atomic E-state index is -0.282. The van der Waals surface area contributed by atoms with Gasteiger partial charge in [0.25, 0.3) is 0 Å². The van der Waals surface area contributed by atoms with E-state index in [9.17, 15) is 5.11 Å². The van der Waals surface area contributed by atoms with Crippen molar-refractivity contribution in [2.75, 3.05) is 6.61 Å². The molecule has 0 aliphatic carbocycles. The number of aliphatic hydroxyl groups excluding tert-OH is 1. The van der Waals surface area contributed by atoms with Crippen molar-refractivity contribution >= 4 is 0 Å². The van der Waals surface area contributed by atoms with E-state index in [1.807, 2.05) is 6.08 Å². The molecule has 0 saturated carbocycles. The van der Waals surface area contributed by atoms with Crippen LogP contribution in [0, 0.1) is 0 Å². The second-order valence-corrected chi connectivity index (χ2v) is 2.98. The fourth-order valence-electron chi connectivity index (χ4n) is 1.38. The van der Waals surface area contributed by atoms with Crippen LogP contribution in [0.4, 0.5) is 0 Å². The van der Waals surface area contributed by atoms with Gasteiger partial charge in [0, 0.05) is 6.61 Å². The molecule has 1 N–H and O–H groups in total. The van der Waals surface area contributed by atoms with Crippen LogP contribution in [0.3, 0.4) is 0 Å². The van der Waals surface area contributed by atoms with Crippen molar-refractivity contribution in [1.82, 2.24) is 0 Å². The van der Waals surface area contributed by atoms with Crippen molar-refractivity contribution < 1.29 is 9.84 Å². The molecular formula is C9H16O2. The van der Waals surface area contributed by atoms with Gasteiger partial charge in [0.05, 0.1) is 12.2 Å². The second kappa shape index (κ2) is 4.52. The van der Waals surface area contributed by atoms with E-state index in [2.05, 4.69) is 6.58 Å². The van der Waals surface area contributed by atoms with Gasteiger partial charge in [0.15, 0.2) is 0 Å². The van der Waals surface area contributed by atoms with Crippen LogP contribution in [0.2, 0.25) is 0 Å². The van der Waals surface area contributed by atoms with Crippen molar-refractivity contribution in [3.63, 3.8) is 0 Å². The first-order chi connectivity index (χ1) is 5.34. The third-order valence-electron chi connectivity index (χ3n) is 2.06. The summed E-state index contributed by atoms with van der Waals surface area (Å²) in [7, 11) is 0. The van der Waals surface area contributed by atoms with E-state index in [0.29, 0.717) is 0 Å². The molecule has 1 fully saturated rings. The molecule has 0 aromatic heterocycles. The first-order valence-corrected chi connectivity index (χ1v) is 4.25. The summed E-state index contributed by atoms with van der Waals surface area (Å²) in [6, 6.07) is 0. The van der Waals surface area contributed by atoms with Crippen LogP contribution in [-0.2, 0) is 4.74 Å². The Morgan fingerprint density at radius 2 is 2.55 bits per heavy atom. The largest absolute Gasteiger partial charge is 0.390 e. The highest BCUT2D eigenvalue weighted by Gasteiger charge is 2.22. The van der Waals surface area contributed by atoms with Crippen LogP contribution in [0.5, 0.6) is 0 Å². The second-order valence-electron chi connectivity index (χ2n) is 2.98. The summed E-state index contributed by atoms with van der Waals surface area (Å²) in [6.45, 7) is 4.42. The molecule has 0 aromatic carbocycles. The smallest absolute Gasteiger partial charge is 0.0834 e. The lowest BCUT2D eigenvalue weighted by Crippen LogP contribution is -2.24. The monoisotopic (exact) mass is 156 g/mol. The third kappa shape index (κ3) is 2.64. The lowest BCUT2D eigenvalue weighted by atomic mass is 10.1. The van der Waals surface area contributed by atoms with E-state index in [4.69, 9.17) is 4.74 Å². The minimum Gasteiger partial charge on any atom is -0.390 e. The maximum atomic E-state index is 9.51. The Labute approximate surface area is 67.9 Å². The van der Waals surface area contributed by atoms with E-state index in [1.54, 1.807) is 0 Å². The van der Waals surface area contributed by atoms with Gasteiger partial charge in [-0.05, 0) is 25.7 Å². The van der Waals surface area contributed by atoms with Gasteiger partial charge in [-0.1, -0.05) is 6.08 Å². The number of rotatable bonds is 4. The highest BCUT2D eigenvalue weighted by atomic mass is 16.5. The van der Waals surface area contributed by atoms with Gasteiger partial charge in [0.2, 0.25) is 0 Å². The summed E-state index contributed by atoms with van der Waals surface area (Å²) in [5.74, 6) is 0. The number of hydrogen-bond donors (Lipinski definition) is 1. The van der Waals surface area contributed by atoms with E-state index in [-0.39, 0.29) is 12.2 Å². The van der Waals surface area contributed by atoms with Gasteiger partial charge in [-0.25, -0.2) is 0 Å². The molecule has 0 unspecified atom stereocenters. The first kappa shape index (κ1) is 8.75. The molecule has 2 heteroatoms. The molecule has 2 atom stereocenters. The topological polar surface area (TPSA) is 29.5 Å². The molecule has 0 amide bonds. The summed E-state index contributed by atoms with van der Waals surface area (Å²) in [5.41, 5.74) is 0. The molecule has 1 saturated heterocycles. The molecule has 11 heavy (non-hydrogen) atoms. The van der Waals surface area contributed by atoms with Crippen molar-refractivity contribution in [2.24, 2.45) is 0 Å². The van der Waals surface area contributed by atoms with E-state index < -0.39 is 0 Å². The third-order valence-corrected chi connectivity index (χ3v) is 2.06. The zero-order chi connectivity index (χ0) is 8.10. The first-order valence-electron chi connectivity index (χ1n) is 4.25. The van der Waals surface area contributed by atoms with Crippen molar-refractivity contribution in [3.05, 3.63) is 12.7 Å². The zero-order valence-electron chi connectivity index (χ0n) is 6.83. The summed E-state index contributed by atoms with van der Waals surface area (Å²) < 4.78 is 5.33. The highest BCUT2D eigenvalue weighted by molar-refractivity contribution is 4.77. The van der Waals surface area contributed by atoms with Crippen LogP contribution >= 0.6 is 0 Å². The van der Waals surface area contributed by atoms with E-state index in [0.717, 1.165) is 32.3 Å². The summed E-state index contributed by atoms with van der Waals surface area (Å²) >= 11 is 0. The summed E-state index contributed by atoms with van der Waals surface area (Å²) in [4.78, 5) is 0. The lowest BCUT2D eigenvalue weighted by molar-refractivity contribution is -0.00468. The van der Waals surface area contributed by atoms with Crippen LogP contribution < -0.4 is 0 Å². The summed E-state index contributed by atoms with van der Waals surface area (Å²) in [6.07, 6.45) is 5.41. The van der Waals surface area contributed by atoms with Crippen LogP contribution in [0.1, 0.15) is 25.7 Å². The molecule has 1 heterocycles. The van der Waals surface area contributed by atoms with Gasteiger partial charge in [0.1, 0.15) is 0 Å². The Hall–Kier alpha value is -0.340. The molecule has 0 aromatic rings. The SMILES string of the molecule is C=CCC[C@H](O)[C@@H]1CCCO1. The maximum Gasteiger partial charge on any atom is 0.0834 e. The molecule has 1 aliphatic heterocycles. The standard InChI is InChI=1S/C9H16O2/c1-2-3-5-8(10)9-6-4-7-11-9/h2,8-10H,1,3-7H2/t8-,9-/m0/s1. The van der Waals surface area contributed by atoms with Gasteiger partial charge in [-0.3, -0.25) is 0 Å². The quantitative estimate of drug-likeness (QED) is 0.625. The molecule has 64 valence electrons. The normalized spacial score (nSPS) is 26.8. The van der Waals surface area contributed by atoms with Crippen LogP contribution in [-0.4, -0.2) is 23.9 Å². The Balaban J connectivity index is 2.16. The molecular weight excluding hydrogens is 140 g/mol. The Bertz CT molecular complexity index is 117. The van der Waals surface area contributed by atoms with Gasteiger partial charge < -0.3 is 9.84 Å². The number of allylic oxidation sites excluding steroid dienone is 1. The predicted molar refractivity (Wildman–Crippen MR) is 44.4 cm³/mol. The van der Waals surface area contributed by atoms with Gasteiger partial charge in [-0.15, -0.1) is 6.58 Å². The van der Waals surface area contributed by atoms with Gasteiger partial charge >= 0.3 is 0 Å². The molecule has 1 aliphatic rings. The number of hydrogen-bond acceptors (Lipinski definition) is 2. The fourth-order valence-corrected chi connectivity index (χ4v) is 1.38. The molecule has 0 spiro atoms. The van der Waals surface area contributed by atoms with Crippen molar-refractivity contribution in [2.45, 2.75) is 37.9 Å². The molecule has 0 radical (unpaired) electrons. The number of ether oxygens (including phenoxy) is 1. The van der Waals surface area contributed by atoms with E-state index in [1.165, 1.54) is 0 Å². The Kier molecular flexibility index (Phi) is 3.60. The number of aliphatic hydroxyl groups is 1. The Morgan fingerprint density at radius 3 is 3.09 bits per heavy atom. The van der Waals surface area contributed by atoms with Crippen LogP contribution in [0.15, 0.2) is 12.7 Å². The molecule has 0 bridgehead atoms. The average Bonchev–Trinajstić information content (AvgIpc) is 2.52. The molecule has 2 nitrogen and oxygen atoms in total. The maximum absolute atomic E-state index is 9.51. The zero-order valence-corrected chi connectivity index (χ0v) is 6.83. The molecule has 1 rings (SSSR count). The van der Waals surface area contributed by atoms with E-state index >= 15 is 0 Å².